The lowest BCUT2D eigenvalue weighted by atomic mass is 10.0. The van der Waals surface area contributed by atoms with E-state index < -0.39 is 0 Å². The number of halogens is 1. The third-order valence-corrected chi connectivity index (χ3v) is 5.59. The second-order valence-corrected chi connectivity index (χ2v) is 8.33. The first-order valence-corrected chi connectivity index (χ1v) is 10.7. The summed E-state index contributed by atoms with van der Waals surface area (Å²) in [6, 6.07) is 8.35. The summed E-state index contributed by atoms with van der Waals surface area (Å²) in [5.41, 5.74) is 2.60. The largest absolute Gasteiger partial charge is 0.393 e. The van der Waals surface area contributed by atoms with Gasteiger partial charge in [-0.1, -0.05) is 19.0 Å². The van der Waals surface area contributed by atoms with E-state index in [0.717, 1.165) is 29.9 Å². The van der Waals surface area contributed by atoms with E-state index in [2.05, 4.69) is 25.3 Å². The topological polar surface area (TPSA) is 87.3 Å². The Morgan fingerprint density at radius 2 is 1.94 bits per heavy atom. The molecule has 1 fully saturated rings. The average Bonchev–Trinajstić information content (AvgIpc) is 3.25. The number of hydrogen-bond donors (Lipinski definition) is 2. The zero-order chi connectivity index (χ0) is 22.0. The lowest BCUT2D eigenvalue weighted by Crippen LogP contribution is -2.36. The molecular weight excluding hydrogens is 397 g/mol. The molecule has 0 spiro atoms. The van der Waals surface area contributed by atoms with E-state index in [0.29, 0.717) is 30.4 Å². The van der Waals surface area contributed by atoms with Gasteiger partial charge in [0.1, 0.15) is 11.6 Å². The monoisotopic (exact) mass is 425 g/mol. The zero-order valence-electron chi connectivity index (χ0n) is 18.0. The average molecular weight is 426 g/mol. The van der Waals surface area contributed by atoms with Crippen LogP contribution in [0.4, 0.5) is 15.9 Å². The second kappa shape index (κ2) is 9.01. The number of aliphatic hydroxyl groups excluding tert-OH is 1. The molecular formula is C23H28FN5O2. The molecule has 164 valence electrons. The molecule has 2 aromatic heterocycles. The Morgan fingerprint density at radius 1 is 1.16 bits per heavy atom. The minimum atomic E-state index is -0.279. The van der Waals surface area contributed by atoms with Crippen molar-refractivity contribution in [3.05, 3.63) is 53.7 Å². The molecule has 0 bridgehead atoms. The summed E-state index contributed by atoms with van der Waals surface area (Å²) in [4.78, 5) is 11.1. The molecule has 7 nitrogen and oxygen atoms in total. The highest BCUT2D eigenvalue weighted by molar-refractivity contribution is 5.60. The van der Waals surface area contributed by atoms with Gasteiger partial charge < -0.3 is 19.8 Å². The van der Waals surface area contributed by atoms with Gasteiger partial charge in [-0.15, -0.1) is 0 Å². The first-order valence-electron chi connectivity index (χ1n) is 10.7. The molecule has 1 aliphatic heterocycles. The Labute approximate surface area is 181 Å². The second-order valence-electron chi connectivity index (χ2n) is 8.33. The number of pyridine rings is 1. The smallest absolute Gasteiger partial charge is 0.258 e. The molecule has 0 amide bonds. The predicted octanol–water partition coefficient (Wildman–Crippen LogP) is 4.53. The molecule has 4 rings (SSSR count). The molecule has 1 atom stereocenters. The molecule has 1 saturated heterocycles. The molecule has 0 saturated carbocycles. The maximum Gasteiger partial charge on any atom is 0.258 e. The standard InChI is InChI=1S/C23H28FN5O2/c1-14(2)22-27-23(31-28-22)16-6-9-25-21(12-16)26-15(3)19-13-17(24)4-5-20(19)29-10-7-18(30)8-11-29/h4-6,9,12-15,18,30H,7-8,10-11H2,1-3H3,(H,25,26). The fourth-order valence-electron chi connectivity index (χ4n) is 3.80. The van der Waals surface area contributed by atoms with Gasteiger partial charge in [-0.05, 0) is 50.1 Å². The van der Waals surface area contributed by atoms with Crippen molar-refractivity contribution in [2.24, 2.45) is 0 Å². The fraction of sp³-hybridized carbons (Fsp3) is 0.435. The normalized spacial score (nSPS) is 16.0. The molecule has 3 heterocycles. The van der Waals surface area contributed by atoms with Crippen molar-refractivity contribution in [3.63, 3.8) is 0 Å². The van der Waals surface area contributed by atoms with Crippen molar-refractivity contribution in [1.29, 1.82) is 0 Å². The summed E-state index contributed by atoms with van der Waals surface area (Å²) in [7, 11) is 0. The van der Waals surface area contributed by atoms with Gasteiger partial charge in [-0.2, -0.15) is 4.98 Å². The van der Waals surface area contributed by atoms with Gasteiger partial charge in [0.05, 0.1) is 12.1 Å². The van der Waals surface area contributed by atoms with Crippen molar-refractivity contribution < 1.29 is 14.0 Å². The Balaban J connectivity index is 1.56. The van der Waals surface area contributed by atoms with Gasteiger partial charge in [-0.3, -0.25) is 0 Å². The molecule has 2 N–H and O–H groups in total. The van der Waals surface area contributed by atoms with E-state index in [1.807, 2.05) is 39.0 Å². The van der Waals surface area contributed by atoms with Crippen LogP contribution in [-0.2, 0) is 0 Å². The van der Waals surface area contributed by atoms with Crippen molar-refractivity contribution >= 4 is 11.5 Å². The Bertz CT molecular complexity index is 1030. The van der Waals surface area contributed by atoms with E-state index in [9.17, 15) is 9.50 Å². The summed E-state index contributed by atoms with van der Waals surface area (Å²) in [6.45, 7) is 7.49. The van der Waals surface area contributed by atoms with Crippen molar-refractivity contribution in [2.45, 2.75) is 51.7 Å². The van der Waals surface area contributed by atoms with Crippen LogP contribution in [0.5, 0.6) is 0 Å². The predicted molar refractivity (Wildman–Crippen MR) is 118 cm³/mol. The van der Waals surface area contributed by atoms with Crippen LogP contribution in [0.25, 0.3) is 11.5 Å². The number of aromatic nitrogens is 3. The van der Waals surface area contributed by atoms with Gasteiger partial charge in [0.2, 0.25) is 0 Å². The van der Waals surface area contributed by atoms with Crippen LogP contribution >= 0.6 is 0 Å². The summed E-state index contributed by atoms with van der Waals surface area (Å²) in [5, 5.41) is 17.2. The van der Waals surface area contributed by atoms with E-state index in [-0.39, 0.29) is 23.9 Å². The third kappa shape index (κ3) is 4.85. The van der Waals surface area contributed by atoms with Crippen molar-refractivity contribution in [1.82, 2.24) is 15.1 Å². The van der Waals surface area contributed by atoms with Crippen LogP contribution in [0.3, 0.4) is 0 Å². The van der Waals surface area contributed by atoms with Crippen LogP contribution in [0.15, 0.2) is 41.1 Å². The number of piperidine rings is 1. The number of benzene rings is 1. The number of anilines is 2. The molecule has 1 unspecified atom stereocenters. The number of nitrogens with one attached hydrogen (secondary N) is 1. The number of hydrogen-bond acceptors (Lipinski definition) is 7. The number of rotatable bonds is 6. The quantitative estimate of drug-likeness (QED) is 0.600. The summed E-state index contributed by atoms with van der Waals surface area (Å²) in [6.07, 6.45) is 2.85. The number of nitrogens with zero attached hydrogens (tertiary/aromatic N) is 4. The summed E-state index contributed by atoms with van der Waals surface area (Å²) >= 11 is 0. The molecule has 1 aromatic carbocycles. The van der Waals surface area contributed by atoms with Crippen LogP contribution in [0, 0.1) is 5.82 Å². The Kier molecular flexibility index (Phi) is 6.18. The summed E-state index contributed by atoms with van der Waals surface area (Å²) < 4.78 is 19.5. The van der Waals surface area contributed by atoms with Crippen LogP contribution < -0.4 is 10.2 Å². The van der Waals surface area contributed by atoms with Crippen molar-refractivity contribution in [2.75, 3.05) is 23.3 Å². The van der Waals surface area contributed by atoms with Crippen LogP contribution in [0.2, 0.25) is 0 Å². The minimum absolute atomic E-state index is 0.180. The zero-order valence-corrected chi connectivity index (χ0v) is 18.0. The maximum atomic E-state index is 14.1. The van der Waals surface area contributed by atoms with Gasteiger partial charge in [0, 0.05) is 42.0 Å². The fourth-order valence-corrected chi connectivity index (χ4v) is 3.80. The van der Waals surface area contributed by atoms with Crippen molar-refractivity contribution in [3.8, 4) is 11.5 Å². The summed E-state index contributed by atoms with van der Waals surface area (Å²) in [5.74, 6) is 1.64. The van der Waals surface area contributed by atoms with Gasteiger partial charge in [0.15, 0.2) is 5.82 Å². The van der Waals surface area contributed by atoms with Gasteiger partial charge >= 0.3 is 0 Å². The van der Waals surface area contributed by atoms with Crippen LogP contribution in [0.1, 0.15) is 57.0 Å². The van der Waals surface area contributed by atoms with Crippen LogP contribution in [-0.4, -0.2) is 39.4 Å². The molecule has 1 aliphatic rings. The molecule has 0 radical (unpaired) electrons. The first-order chi connectivity index (χ1) is 14.9. The SMILES string of the molecule is CC(C)c1noc(-c2ccnc(NC(C)c3cc(F)ccc3N3CCC(O)CC3)c2)n1. The number of aliphatic hydroxyl groups is 1. The lowest BCUT2D eigenvalue weighted by molar-refractivity contribution is 0.145. The van der Waals surface area contributed by atoms with E-state index in [1.54, 1.807) is 12.3 Å². The highest BCUT2D eigenvalue weighted by atomic mass is 19.1. The Morgan fingerprint density at radius 3 is 2.65 bits per heavy atom. The highest BCUT2D eigenvalue weighted by Gasteiger charge is 2.22. The van der Waals surface area contributed by atoms with Gasteiger partial charge in [0.25, 0.3) is 5.89 Å². The highest BCUT2D eigenvalue weighted by Crippen LogP contribution is 2.32. The third-order valence-electron chi connectivity index (χ3n) is 5.59. The first kappa shape index (κ1) is 21.2. The van der Waals surface area contributed by atoms with E-state index in [4.69, 9.17) is 4.52 Å². The lowest BCUT2D eigenvalue weighted by Gasteiger charge is -2.34. The Hall–Kier alpha value is -3.00. The van der Waals surface area contributed by atoms with E-state index >= 15 is 0 Å². The maximum absolute atomic E-state index is 14.1. The molecule has 8 heteroatoms. The minimum Gasteiger partial charge on any atom is -0.393 e. The van der Waals surface area contributed by atoms with E-state index in [1.165, 1.54) is 6.07 Å². The molecule has 31 heavy (non-hydrogen) atoms. The van der Waals surface area contributed by atoms with Gasteiger partial charge in [-0.25, -0.2) is 9.37 Å². The molecule has 0 aliphatic carbocycles. The molecule has 3 aromatic rings.